The Labute approximate surface area is 148 Å². The molecule has 2 aromatic heterocycles. The molecule has 132 valence electrons. The van der Waals surface area contributed by atoms with E-state index in [1.807, 2.05) is 24.5 Å². The zero-order valence-electron chi connectivity index (χ0n) is 14.8. The van der Waals surface area contributed by atoms with E-state index in [0.29, 0.717) is 5.41 Å². The lowest BCUT2D eigenvalue weighted by atomic mass is 9.77. The molecule has 6 heteroatoms. The molecule has 0 amide bonds. The van der Waals surface area contributed by atoms with Crippen LogP contribution >= 0.6 is 0 Å². The number of piperidine rings is 1. The van der Waals surface area contributed by atoms with E-state index >= 15 is 0 Å². The monoisotopic (exact) mass is 339 g/mol. The fraction of sp³-hybridized carbons (Fsp3) is 0.526. The summed E-state index contributed by atoms with van der Waals surface area (Å²) in [5.74, 6) is 1.62. The quantitative estimate of drug-likeness (QED) is 0.852. The van der Waals surface area contributed by atoms with Gasteiger partial charge in [-0.25, -0.2) is 15.0 Å². The van der Waals surface area contributed by atoms with Gasteiger partial charge >= 0.3 is 0 Å². The van der Waals surface area contributed by atoms with Crippen molar-refractivity contribution in [3.8, 4) is 5.88 Å². The Morgan fingerprint density at radius 2 is 1.72 bits per heavy atom. The Kier molecular flexibility index (Phi) is 4.53. The summed E-state index contributed by atoms with van der Waals surface area (Å²) < 4.78 is 5.38. The van der Waals surface area contributed by atoms with Crippen LogP contribution in [0.1, 0.15) is 24.8 Å². The maximum atomic E-state index is 5.38. The van der Waals surface area contributed by atoms with Crippen LogP contribution in [-0.2, 0) is 6.54 Å². The molecule has 6 nitrogen and oxygen atoms in total. The van der Waals surface area contributed by atoms with E-state index in [1.165, 1.54) is 24.8 Å². The zero-order chi connectivity index (χ0) is 17.1. The Hall–Kier alpha value is -2.21. The molecule has 0 N–H and O–H groups in total. The standard InChI is InChI=1S/C19H25N5O/c1-25-17-16(4-2-8-20-17)14-23-11-5-19(6-12-23)7-13-24(15-19)18-21-9-3-10-22-18/h2-4,8-10H,5-7,11-15H2,1H3. The highest BCUT2D eigenvalue weighted by atomic mass is 16.5. The lowest BCUT2D eigenvalue weighted by Gasteiger charge is -2.39. The largest absolute Gasteiger partial charge is 0.481 e. The van der Waals surface area contributed by atoms with Crippen LogP contribution < -0.4 is 9.64 Å². The number of nitrogens with zero attached hydrogens (tertiary/aromatic N) is 5. The predicted molar refractivity (Wildman–Crippen MR) is 96.6 cm³/mol. The van der Waals surface area contributed by atoms with Crippen LogP contribution in [-0.4, -0.2) is 53.1 Å². The number of pyridine rings is 1. The van der Waals surface area contributed by atoms with Gasteiger partial charge in [0.2, 0.25) is 11.8 Å². The van der Waals surface area contributed by atoms with E-state index in [2.05, 4.69) is 30.8 Å². The molecule has 0 aliphatic carbocycles. The van der Waals surface area contributed by atoms with Crippen LogP contribution in [0.15, 0.2) is 36.8 Å². The molecule has 2 aliphatic rings. The number of anilines is 1. The smallest absolute Gasteiger partial charge is 0.225 e. The summed E-state index contributed by atoms with van der Waals surface area (Å²) in [6.45, 7) is 5.32. The van der Waals surface area contributed by atoms with Gasteiger partial charge in [0, 0.05) is 43.8 Å². The maximum absolute atomic E-state index is 5.38. The number of likely N-dealkylation sites (tertiary alicyclic amines) is 1. The minimum Gasteiger partial charge on any atom is -0.481 e. The van der Waals surface area contributed by atoms with Crippen molar-refractivity contribution in [3.05, 3.63) is 42.4 Å². The maximum Gasteiger partial charge on any atom is 0.225 e. The summed E-state index contributed by atoms with van der Waals surface area (Å²) >= 11 is 0. The highest BCUT2D eigenvalue weighted by molar-refractivity contribution is 5.32. The SMILES string of the molecule is COc1ncccc1CN1CCC2(CC1)CCN(c1ncccn1)C2. The van der Waals surface area contributed by atoms with Crippen molar-refractivity contribution in [2.24, 2.45) is 5.41 Å². The predicted octanol–water partition coefficient (Wildman–Crippen LogP) is 2.37. The molecule has 0 bridgehead atoms. The van der Waals surface area contributed by atoms with Crippen LogP contribution in [0, 0.1) is 5.41 Å². The Morgan fingerprint density at radius 3 is 2.48 bits per heavy atom. The average molecular weight is 339 g/mol. The number of aromatic nitrogens is 3. The fourth-order valence-corrected chi connectivity index (χ4v) is 4.12. The number of rotatable bonds is 4. The minimum absolute atomic E-state index is 0.425. The Morgan fingerprint density at radius 1 is 1.00 bits per heavy atom. The first kappa shape index (κ1) is 16.3. The average Bonchev–Trinajstić information content (AvgIpc) is 3.09. The van der Waals surface area contributed by atoms with Crippen molar-refractivity contribution in [2.45, 2.75) is 25.8 Å². The number of methoxy groups -OCH3 is 1. The van der Waals surface area contributed by atoms with Crippen LogP contribution in [0.5, 0.6) is 5.88 Å². The second-order valence-corrected chi connectivity index (χ2v) is 7.17. The van der Waals surface area contributed by atoms with Gasteiger partial charge in [0.15, 0.2) is 0 Å². The Bertz CT molecular complexity index is 700. The minimum atomic E-state index is 0.425. The molecule has 2 fully saturated rings. The van der Waals surface area contributed by atoms with Gasteiger partial charge in [-0.05, 0) is 49.9 Å². The van der Waals surface area contributed by atoms with Crippen LogP contribution in [0.25, 0.3) is 0 Å². The molecule has 2 saturated heterocycles. The number of hydrogen-bond donors (Lipinski definition) is 0. The second kappa shape index (κ2) is 6.96. The Balaban J connectivity index is 1.36. The molecular weight excluding hydrogens is 314 g/mol. The number of ether oxygens (including phenoxy) is 1. The van der Waals surface area contributed by atoms with Gasteiger partial charge in [0.25, 0.3) is 0 Å². The molecule has 0 radical (unpaired) electrons. The van der Waals surface area contributed by atoms with Gasteiger partial charge in [-0.15, -0.1) is 0 Å². The summed E-state index contributed by atoms with van der Waals surface area (Å²) in [6, 6.07) is 5.97. The zero-order valence-corrected chi connectivity index (χ0v) is 14.8. The van der Waals surface area contributed by atoms with Gasteiger partial charge in [0.05, 0.1) is 7.11 Å². The molecule has 0 unspecified atom stereocenters. The van der Waals surface area contributed by atoms with Crippen LogP contribution in [0.4, 0.5) is 5.95 Å². The first-order chi connectivity index (χ1) is 12.3. The highest BCUT2D eigenvalue weighted by Crippen LogP contribution is 2.41. The topological polar surface area (TPSA) is 54.4 Å². The van der Waals surface area contributed by atoms with E-state index in [4.69, 9.17) is 4.74 Å². The third kappa shape index (κ3) is 3.44. The van der Waals surface area contributed by atoms with E-state index < -0.39 is 0 Å². The van der Waals surface area contributed by atoms with Gasteiger partial charge in [-0.2, -0.15) is 0 Å². The molecule has 2 aromatic rings. The van der Waals surface area contributed by atoms with E-state index in [-0.39, 0.29) is 0 Å². The molecule has 0 saturated carbocycles. The van der Waals surface area contributed by atoms with Crippen molar-refractivity contribution in [2.75, 3.05) is 38.2 Å². The van der Waals surface area contributed by atoms with Crippen LogP contribution in [0.2, 0.25) is 0 Å². The molecule has 25 heavy (non-hydrogen) atoms. The van der Waals surface area contributed by atoms with Crippen molar-refractivity contribution in [1.29, 1.82) is 0 Å². The highest BCUT2D eigenvalue weighted by Gasteiger charge is 2.41. The molecule has 1 spiro atoms. The molecule has 4 heterocycles. The molecule has 4 rings (SSSR count). The van der Waals surface area contributed by atoms with Crippen molar-refractivity contribution in [1.82, 2.24) is 19.9 Å². The summed E-state index contributed by atoms with van der Waals surface area (Å²) in [5.41, 5.74) is 1.60. The summed E-state index contributed by atoms with van der Waals surface area (Å²) in [7, 11) is 1.69. The van der Waals surface area contributed by atoms with Gasteiger partial charge in [-0.1, -0.05) is 6.07 Å². The molecule has 0 atom stereocenters. The lowest BCUT2D eigenvalue weighted by molar-refractivity contribution is 0.114. The summed E-state index contributed by atoms with van der Waals surface area (Å²) in [6.07, 6.45) is 9.16. The van der Waals surface area contributed by atoms with E-state index in [9.17, 15) is 0 Å². The van der Waals surface area contributed by atoms with E-state index in [1.54, 1.807) is 13.3 Å². The van der Waals surface area contributed by atoms with Crippen molar-refractivity contribution < 1.29 is 4.74 Å². The summed E-state index contributed by atoms with van der Waals surface area (Å²) in [4.78, 5) is 18.0. The first-order valence-corrected chi connectivity index (χ1v) is 9.00. The summed E-state index contributed by atoms with van der Waals surface area (Å²) in [5, 5.41) is 0. The van der Waals surface area contributed by atoms with E-state index in [0.717, 1.165) is 44.6 Å². The second-order valence-electron chi connectivity index (χ2n) is 7.17. The normalized spacial score (nSPS) is 20.1. The van der Waals surface area contributed by atoms with Crippen LogP contribution in [0.3, 0.4) is 0 Å². The molecule has 2 aliphatic heterocycles. The molecule has 0 aromatic carbocycles. The first-order valence-electron chi connectivity index (χ1n) is 9.00. The lowest BCUT2D eigenvalue weighted by Crippen LogP contribution is -2.41. The molecular formula is C19H25N5O. The fourth-order valence-electron chi connectivity index (χ4n) is 4.12. The van der Waals surface area contributed by atoms with Gasteiger partial charge in [0.1, 0.15) is 0 Å². The number of hydrogen-bond acceptors (Lipinski definition) is 6. The van der Waals surface area contributed by atoms with Gasteiger partial charge in [-0.3, -0.25) is 4.90 Å². The van der Waals surface area contributed by atoms with Crippen molar-refractivity contribution in [3.63, 3.8) is 0 Å². The third-order valence-corrected chi connectivity index (χ3v) is 5.63. The third-order valence-electron chi connectivity index (χ3n) is 5.63. The van der Waals surface area contributed by atoms with Gasteiger partial charge < -0.3 is 9.64 Å². The van der Waals surface area contributed by atoms with Crippen molar-refractivity contribution >= 4 is 5.95 Å².